The summed E-state index contributed by atoms with van der Waals surface area (Å²) >= 11 is 0. The fraction of sp³-hybridized carbons (Fsp3) is 0.562. The maximum Gasteiger partial charge on any atom is 0.501 e. The number of fused-ring (bicyclic) bond motifs is 1. The third-order valence-corrected chi connectivity index (χ3v) is 6.38. The molecule has 1 heterocycles. The summed E-state index contributed by atoms with van der Waals surface area (Å²) in [6, 6.07) is 1.39. The van der Waals surface area contributed by atoms with Crippen molar-refractivity contribution >= 4 is 15.7 Å². The van der Waals surface area contributed by atoms with Gasteiger partial charge in [0.2, 0.25) is 5.91 Å². The lowest BCUT2D eigenvalue weighted by Crippen LogP contribution is -2.29. The molecule has 2 unspecified atom stereocenters. The molecule has 1 amide bonds. The van der Waals surface area contributed by atoms with Crippen LogP contribution in [0.4, 0.5) is 22.0 Å². The minimum Gasteiger partial charge on any atom is -0.488 e. The molecule has 1 aromatic carbocycles. The Hall–Kier alpha value is -1.95. The molecule has 1 aromatic rings. The highest BCUT2D eigenvalue weighted by atomic mass is 32.2. The van der Waals surface area contributed by atoms with Crippen molar-refractivity contribution < 1.29 is 45.0 Å². The quantitative estimate of drug-likeness (QED) is 0.745. The van der Waals surface area contributed by atoms with Gasteiger partial charge in [0.15, 0.2) is 0 Å². The van der Waals surface area contributed by atoms with Crippen LogP contribution in [0.2, 0.25) is 0 Å². The van der Waals surface area contributed by atoms with E-state index in [9.17, 15) is 40.3 Å². The second-order valence-corrected chi connectivity index (χ2v) is 8.65. The molecule has 1 fully saturated rings. The predicted molar refractivity (Wildman–Crippen MR) is 84.6 cm³/mol. The molecular weight excluding hydrogens is 413 g/mol. The number of alkyl halides is 5. The van der Waals surface area contributed by atoms with Gasteiger partial charge in [0, 0.05) is 37.4 Å². The van der Waals surface area contributed by atoms with Crippen LogP contribution in [0, 0.1) is 0 Å². The standard InChI is InChI=1S/C16H16F5NO5S/c1-8(23)22-5-4-9(7-22)27-11-2-3-12(28(25,26)16(19,20)21)13-10(11)6-15(17,18)14(13)24/h2-3,9,14,24H,4-7H2,1H3. The van der Waals surface area contributed by atoms with Crippen molar-refractivity contribution in [2.45, 2.75) is 48.3 Å². The van der Waals surface area contributed by atoms with E-state index in [0.717, 1.165) is 6.07 Å². The van der Waals surface area contributed by atoms with E-state index < -0.39 is 55.9 Å². The number of aliphatic hydroxyl groups excluding tert-OH is 1. The largest absolute Gasteiger partial charge is 0.501 e. The number of aliphatic hydroxyl groups is 1. The molecule has 3 rings (SSSR count). The number of hydrogen-bond acceptors (Lipinski definition) is 5. The van der Waals surface area contributed by atoms with Gasteiger partial charge in [-0.25, -0.2) is 17.2 Å². The van der Waals surface area contributed by atoms with E-state index in [0.29, 0.717) is 19.0 Å². The summed E-state index contributed by atoms with van der Waals surface area (Å²) in [4.78, 5) is 11.4. The van der Waals surface area contributed by atoms with E-state index in [1.165, 1.54) is 11.8 Å². The van der Waals surface area contributed by atoms with Crippen LogP contribution in [0.5, 0.6) is 5.75 Å². The molecule has 1 saturated heterocycles. The van der Waals surface area contributed by atoms with E-state index in [1.807, 2.05) is 0 Å². The third kappa shape index (κ3) is 3.32. The maximum absolute atomic E-state index is 14.0. The Bertz CT molecular complexity index is 915. The summed E-state index contributed by atoms with van der Waals surface area (Å²) in [5, 5.41) is 9.83. The van der Waals surface area contributed by atoms with Crippen molar-refractivity contribution in [1.82, 2.24) is 4.90 Å². The molecule has 0 spiro atoms. The van der Waals surface area contributed by atoms with Gasteiger partial charge in [-0.2, -0.15) is 13.2 Å². The van der Waals surface area contributed by atoms with E-state index in [-0.39, 0.29) is 18.2 Å². The summed E-state index contributed by atoms with van der Waals surface area (Å²) in [5.74, 6) is -4.30. The fourth-order valence-corrected chi connectivity index (χ4v) is 4.43. The minimum absolute atomic E-state index is 0.158. The Balaban J connectivity index is 2.04. The molecule has 0 aromatic heterocycles. The van der Waals surface area contributed by atoms with E-state index in [4.69, 9.17) is 4.74 Å². The van der Waals surface area contributed by atoms with E-state index in [1.54, 1.807) is 0 Å². The van der Waals surface area contributed by atoms with Gasteiger partial charge in [-0.05, 0) is 12.1 Å². The first kappa shape index (κ1) is 20.8. The smallest absolute Gasteiger partial charge is 0.488 e. The van der Waals surface area contributed by atoms with Gasteiger partial charge in [0.25, 0.3) is 15.8 Å². The Morgan fingerprint density at radius 2 is 1.96 bits per heavy atom. The number of carbonyl (C=O) groups excluding carboxylic acids is 1. The second-order valence-electron chi connectivity index (χ2n) is 6.74. The van der Waals surface area contributed by atoms with Crippen LogP contribution in [0.3, 0.4) is 0 Å². The first-order valence-corrected chi connectivity index (χ1v) is 9.69. The number of ether oxygens (including phenoxy) is 1. The molecule has 156 valence electrons. The van der Waals surface area contributed by atoms with Gasteiger partial charge in [-0.15, -0.1) is 0 Å². The Morgan fingerprint density at radius 1 is 1.32 bits per heavy atom. The number of carbonyl (C=O) groups is 1. The molecule has 1 aliphatic carbocycles. The summed E-state index contributed by atoms with van der Waals surface area (Å²) in [5.41, 5.74) is -7.20. The summed E-state index contributed by atoms with van der Waals surface area (Å²) in [6.07, 6.45) is -4.10. The topological polar surface area (TPSA) is 83.9 Å². The van der Waals surface area contributed by atoms with Crippen LogP contribution in [0.15, 0.2) is 17.0 Å². The molecule has 2 aliphatic rings. The zero-order chi connectivity index (χ0) is 21.1. The van der Waals surface area contributed by atoms with Crippen molar-refractivity contribution in [2.75, 3.05) is 13.1 Å². The van der Waals surface area contributed by atoms with Gasteiger partial charge in [-0.3, -0.25) is 4.79 Å². The molecule has 0 saturated carbocycles. The summed E-state index contributed by atoms with van der Waals surface area (Å²) in [6.45, 7) is 1.86. The molecule has 0 radical (unpaired) electrons. The number of nitrogens with zero attached hydrogens (tertiary/aromatic N) is 1. The SMILES string of the molecule is CC(=O)N1CCC(Oc2ccc(S(=O)(=O)C(F)(F)F)c3c2CC(F)(F)C3O)C1. The number of hydrogen-bond donors (Lipinski definition) is 1. The van der Waals surface area contributed by atoms with Crippen molar-refractivity contribution in [2.24, 2.45) is 0 Å². The normalized spacial score (nSPS) is 24.3. The highest BCUT2D eigenvalue weighted by molar-refractivity contribution is 7.92. The van der Waals surface area contributed by atoms with Crippen molar-refractivity contribution in [3.05, 3.63) is 23.3 Å². The molecule has 0 bridgehead atoms. The molecular formula is C16H16F5NO5S. The van der Waals surface area contributed by atoms with Crippen molar-refractivity contribution in [3.63, 3.8) is 0 Å². The lowest BCUT2D eigenvalue weighted by molar-refractivity contribution is -0.128. The Labute approximate surface area is 156 Å². The lowest BCUT2D eigenvalue weighted by atomic mass is 10.1. The molecule has 1 N–H and O–H groups in total. The average Bonchev–Trinajstić information content (AvgIpc) is 3.11. The average molecular weight is 429 g/mol. The highest BCUT2D eigenvalue weighted by Crippen LogP contribution is 2.50. The Kier molecular flexibility index (Phi) is 4.86. The van der Waals surface area contributed by atoms with Gasteiger partial charge in [0.05, 0.1) is 11.4 Å². The van der Waals surface area contributed by atoms with Crippen LogP contribution < -0.4 is 4.74 Å². The molecule has 1 aliphatic heterocycles. The first-order chi connectivity index (χ1) is 12.8. The van der Waals surface area contributed by atoms with Crippen LogP contribution in [-0.4, -0.2) is 55.0 Å². The van der Waals surface area contributed by atoms with Gasteiger partial charge >= 0.3 is 5.51 Å². The first-order valence-electron chi connectivity index (χ1n) is 8.21. The fourth-order valence-electron chi connectivity index (χ4n) is 3.41. The monoisotopic (exact) mass is 429 g/mol. The Morgan fingerprint density at radius 3 is 2.50 bits per heavy atom. The zero-order valence-electron chi connectivity index (χ0n) is 14.5. The van der Waals surface area contributed by atoms with Crippen LogP contribution in [-0.2, 0) is 21.1 Å². The van der Waals surface area contributed by atoms with Gasteiger partial charge < -0.3 is 14.7 Å². The van der Waals surface area contributed by atoms with Crippen LogP contribution >= 0.6 is 0 Å². The van der Waals surface area contributed by atoms with Crippen molar-refractivity contribution in [3.8, 4) is 5.75 Å². The number of amides is 1. The second kappa shape index (κ2) is 6.55. The van der Waals surface area contributed by atoms with Crippen LogP contribution in [0.25, 0.3) is 0 Å². The number of likely N-dealkylation sites (tertiary alicyclic amines) is 1. The number of benzene rings is 1. The molecule has 12 heteroatoms. The van der Waals surface area contributed by atoms with E-state index in [2.05, 4.69) is 0 Å². The molecule has 6 nitrogen and oxygen atoms in total. The number of rotatable bonds is 3. The highest BCUT2D eigenvalue weighted by Gasteiger charge is 2.55. The van der Waals surface area contributed by atoms with Crippen molar-refractivity contribution in [1.29, 1.82) is 0 Å². The summed E-state index contributed by atoms with van der Waals surface area (Å²) in [7, 11) is -5.95. The third-order valence-electron chi connectivity index (χ3n) is 4.84. The van der Waals surface area contributed by atoms with Gasteiger partial charge in [-0.1, -0.05) is 0 Å². The molecule has 2 atom stereocenters. The lowest BCUT2D eigenvalue weighted by Gasteiger charge is -2.19. The van der Waals surface area contributed by atoms with Gasteiger partial charge in [0.1, 0.15) is 18.0 Å². The number of sulfone groups is 1. The summed E-state index contributed by atoms with van der Waals surface area (Å²) < 4.78 is 96.0. The minimum atomic E-state index is -5.95. The maximum atomic E-state index is 14.0. The zero-order valence-corrected chi connectivity index (χ0v) is 15.3. The number of halogens is 5. The predicted octanol–water partition coefficient (Wildman–Crippen LogP) is 2.20. The van der Waals surface area contributed by atoms with E-state index >= 15 is 0 Å². The van der Waals surface area contributed by atoms with Crippen LogP contribution in [0.1, 0.15) is 30.6 Å². The molecule has 28 heavy (non-hydrogen) atoms.